The van der Waals surface area contributed by atoms with Gasteiger partial charge in [-0.3, -0.25) is 9.89 Å². The highest BCUT2D eigenvalue weighted by atomic mass is 16.5. The lowest BCUT2D eigenvalue weighted by Crippen LogP contribution is -2.53. The van der Waals surface area contributed by atoms with E-state index in [1.165, 1.54) is 0 Å². The number of morpholine rings is 1. The van der Waals surface area contributed by atoms with E-state index >= 15 is 0 Å². The molecule has 0 bridgehead atoms. The Hall–Kier alpha value is -1.93. The Bertz CT molecular complexity index is 540. The van der Waals surface area contributed by atoms with Gasteiger partial charge in [-0.2, -0.15) is 0 Å². The monoisotopic (exact) mass is 361 g/mol. The SMILES string of the molecule is CCNC(=NCCCN1CCOCC1)N1CCN(c2ncccn2)CC1. The van der Waals surface area contributed by atoms with Crippen LogP contribution in [0, 0.1) is 0 Å². The third kappa shape index (κ3) is 5.54. The molecule has 3 heterocycles. The predicted octanol–water partition coefficient (Wildman–Crippen LogP) is 0.286. The van der Waals surface area contributed by atoms with Gasteiger partial charge in [0, 0.05) is 71.3 Å². The van der Waals surface area contributed by atoms with Gasteiger partial charge in [-0.05, 0) is 19.4 Å². The standard InChI is InChI=1S/C18H31N7O/c1-2-19-17(22-7-4-8-23-13-15-26-16-14-23)24-9-11-25(12-10-24)18-20-5-3-6-21-18/h3,5-6H,2,4,7-16H2,1H3,(H,19,22). The van der Waals surface area contributed by atoms with E-state index in [-0.39, 0.29) is 0 Å². The van der Waals surface area contributed by atoms with E-state index in [0.29, 0.717) is 0 Å². The molecule has 8 nitrogen and oxygen atoms in total. The Balaban J connectivity index is 1.45. The molecule has 0 spiro atoms. The zero-order valence-electron chi connectivity index (χ0n) is 15.8. The molecule has 0 aromatic carbocycles. The molecule has 0 aliphatic carbocycles. The number of aliphatic imine (C=N–C) groups is 1. The van der Waals surface area contributed by atoms with Crippen LogP contribution in [0.1, 0.15) is 13.3 Å². The van der Waals surface area contributed by atoms with Crippen LogP contribution in [-0.2, 0) is 4.74 Å². The molecular formula is C18H31N7O. The van der Waals surface area contributed by atoms with E-state index in [1.807, 2.05) is 6.07 Å². The van der Waals surface area contributed by atoms with Gasteiger partial charge in [0.1, 0.15) is 0 Å². The summed E-state index contributed by atoms with van der Waals surface area (Å²) < 4.78 is 5.40. The third-order valence-electron chi connectivity index (χ3n) is 4.75. The van der Waals surface area contributed by atoms with Crippen molar-refractivity contribution in [2.45, 2.75) is 13.3 Å². The van der Waals surface area contributed by atoms with E-state index < -0.39 is 0 Å². The average molecular weight is 361 g/mol. The van der Waals surface area contributed by atoms with E-state index in [1.54, 1.807) is 12.4 Å². The summed E-state index contributed by atoms with van der Waals surface area (Å²) in [7, 11) is 0. The van der Waals surface area contributed by atoms with E-state index in [2.05, 4.69) is 36.9 Å². The number of ether oxygens (including phenoxy) is 1. The average Bonchev–Trinajstić information content (AvgIpc) is 2.72. The maximum Gasteiger partial charge on any atom is 0.225 e. The first kappa shape index (κ1) is 18.8. The second-order valence-corrected chi connectivity index (χ2v) is 6.57. The fourth-order valence-corrected chi connectivity index (χ4v) is 3.30. The van der Waals surface area contributed by atoms with Crippen LogP contribution in [0.4, 0.5) is 5.95 Å². The summed E-state index contributed by atoms with van der Waals surface area (Å²) in [6, 6.07) is 1.85. The predicted molar refractivity (Wildman–Crippen MR) is 104 cm³/mol. The van der Waals surface area contributed by atoms with Crippen molar-refractivity contribution in [1.82, 2.24) is 25.1 Å². The molecule has 1 N–H and O–H groups in total. The Morgan fingerprint density at radius 1 is 1.12 bits per heavy atom. The van der Waals surface area contributed by atoms with Crippen LogP contribution < -0.4 is 10.2 Å². The topological polar surface area (TPSA) is 69.1 Å². The van der Waals surface area contributed by atoms with Gasteiger partial charge in [-0.15, -0.1) is 0 Å². The minimum Gasteiger partial charge on any atom is -0.379 e. The minimum atomic E-state index is 0.819. The van der Waals surface area contributed by atoms with E-state index in [9.17, 15) is 0 Å². The van der Waals surface area contributed by atoms with Crippen LogP contribution in [0.2, 0.25) is 0 Å². The number of hydrogen-bond donors (Lipinski definition) is 1. The smallest absolute Gasteiger partial charge is 0.225 e. The highest BCUT2D eigenvalue weighted by Crippen LogP contribution is 2.10. The summed E-state index contributed by atoms with van der Waals surface area (Å²) >= 11 is 0. The molecule has 2 saturated heterocycles. The minimum absolute atomic E-state index is 0.819. The maximum absolute atomic E-state index is 5.40. The summed E-state index contributed by atoms with van der Waals surface area (Å²) in [6.45, 7) is 12.5. The van der Waals surface area contributed by atoms with Gasteiger partial charge >= 0.3 is 0 Å². The molecule has 0 amide bonds. The summed E-state index contributed by atoms with van der Waals surface area (Å²) in [5.74, 6) is 1.85. The zero-order valence-corrected chi connectivity index (χ0v) is 15.8. The van der Waals surface area contributed by atoms with Gasteiger partial charge in [-0.1, -0.05) is 0 Å². The van der Waals surface area contributed by atoms with Crippen LogP contribution in [0.5, 0.6) is 0 Å². The molecule has 0 radical (unpaired) electrons. The number of hydrogen-bond acceptors (Lipinski definition) is 6. The summed E-state index contributed by atoms with van der Waals surface area (Å²) in [5.41, 5.74) is 0. The molecule has 0 atom stereocenters. The van der Waals surface area contributed by atoms with Crippen molar-refractivity contribution in [1.29, 1.82) is 0 Å². The number of anilines is 1. The lowest BCUT2D eigenvalue weighted by Gasteiger charge is -2.36. The molecule has 144 valence electrons. The van der Waals surface area contributed by atoms with Gasteiger partial charge in [0.15, 0.2) is 5.96 Å². The lowest BCUT2D eigenvalue weighted by atomic mass is 10.3. The summed E-state index contributed by atoms with van der Waals surface area (Å²) in [5, 5.41) is 3.44. The van der Waals surface area contributed by atoms with Crippen molar-refractivity contribution in [3.8, 4) is 0 Å². The molecule has 26 heavy (non-hydrogen) atoms. The van der Waals surface area contributed by atoms with Gasteiger partial charge in [0.2, 0.25) is 5.95 Å². The largest absolute Gasteiger partial charge is 0.379 e. The van der Waals surface area contributed by atoms with Crippen LogP contribution in [-0.4, -0.2) is 97.8 Å². The number of nitrogens with one attached hydrogen (secondary N) is 1. The second-order valence-electron chi connectivity index (χ2n) is 6.57. The summed E-state index contributed by atoms with van der Waals surface area (Å²) in [6.07, 6.45) is 4.69. The molecule has 3 rings (SSSR count). The fraction of sp³-hybridized carbons (Fsp3) is 0.722. The first-order valence-electron chi connectivity index (χ1n) is 9.72. The van der Waals surface area contributed by atoms with Crippen LogP contribution >= 0.6 is 0 Å². The fourth-order valence-electron chi connectivity index (χ4n) is 3.30. The number of rotatable bonds is 6. The number of nitrogens with zero attached hydrogens (tertiary/aromatic N) is 6. The van der Waals surface area contributed by atoms with E-state index in [4.69, 9.17) is 9.73 Å². The van der Waals surface area contributed by atoms with Crippen molar-refractivity contribution in [2.24, 2.45) is 4.99 Å². The van der Waals surface area contributed by atoms with E-state index in [0.717, 1.165) is 90.4 Å². The van der Waals surface area contributed by atoms with Crippen molar-refractivity contribution < 1.29 is 4.74 Å². The van der Waals surface area contributed by atoms with Crippen molar-refractivity contribution in [3.63, 3.8) is 0 Å². The van der Waals surface area contributed by atoms with Crippen LogP contribution in [0.25, 0.3) is 0 Å². The third-order valence-corrected chi connectivity index (χ3v) is 4.75. The van der Waals surface area contributed by atoms with Gasteiger partial charge in [0.05, 0.1) is 13.2 Å². The maximum atomic E-state index is 5.40. The van der Waals surface area contributed by atoms with Crippen molar-refractivity contribution in [2.75, 3.05) is 77.0 Å². The highest BCUT2D eigenvalue weighted by molar-refractivity contribution is 5.80. The molecule has 2 aliphatic heterocycles. The normalized spacial score (nSPS) is 19.7. The van der Waals surface area contributed by atoms with Crippen LogP contribution in [0.3, 0.4) is 0 Å². The number of guanidine groups is 1. The van der Waals surface area contributed by atoms with Gasteiger partial charge in [0.25, 0.3) is 0 Å². The van der Waals surface area contributed by atoms with Crippen LogP contribution in [0.15, 0.2) is 23.5 Å². The number of aromatic nitrogens is 2. The molecule has 2 fully saturated rings. The molecule has 0 unspecified atom stereocenters. The molecule has 2 aliphatic rings. The quantitative estimate of drug-likeness (QED) is 0.444. The number of piperazine rings is 1. The first-order chi connectivity index (χ1) is 12.9. The highest BCUT2D eigenvalue weighted by Gasteiger charge is 2.21. The van der Waals surface area contributed by atoms with Gasteiger partial charge in [-0.25, -0.2) is 9.97 Å². The molecule has 1 aromatic rings. The summed E-state index contributed by atoms with van der Waals surface area (Å²) in [4.78, 5) is 20.6. The first-order valence-corrected chi connectivity index (χ1v) is 9.72. The molecule has 0 saturated carbocycles. The Morgan fingerprint density at radius 3 is 2.54 bits per heavy atom. The van der Waals surface area contributed by atoms with Crippen molar-refractivity contribution >= 4 is 11.9 Å². The van der Waals surface area contributed by atoms with Gasteiger partial charge < -0.3 is 19.9 Å². The molecule has 8 heteroatoms. The zero-order chi connectivity index (χ0) is 18.0. The Morgan fingerprint density at radius 2 is 1.85 bits per heavy atom. The van der Waals surface area contributed by atoms with Crippen molar-refractivity contribution in [3.05, 3.63) is 18.5 Å². The Kier molecular flexibility index (Phi) is 7.45. The molecular weight excluding hydrogens is 330 g/mol. The lowest BCUT2D eigenvalue weighted by molar-refractivity contribution is 0.0377. The Labute approximate surface area is 156 Å². The molecule has 1 aromatic heterocycles. The second kappa shape index (κ2) is 10.3.